The van der Waals surface area contributed by atoms with E-state index < -0.39 is 71.2 Å². The zero-order valence-corrected chi connectivity index (χ0v) is 28.0. The molecule has 43 heavy (non-hydrogen) atoms. The van der Waals surface area contributed by atoms with Gasteiger partial charge in [-0.3, -0.25) is 9.69 Å². The Balaban J connectivity index is 2.18. The van der Waals surface area contributed by atoms with Crippen LogP contribution in [0, 0.1) is 0 Å². The number of nitrogens with one attached hydrogen (secondary N) is 2. The fourth-order valence-corrected chi connectivity index (χ4v) is 5.29. The number of carboxylic acid groups (broad SMARTS) is 1. The Labute approximate surface area is 257 Å². The summed E-state index contributed by atoms with van der Waals surface area (Å²) in [6.07, 6.45) is 1.04. The number of carbonyl (C=O) groups is 4. The van der Waals surface area contributed by atoms with E-state index in [1.54, 1.807) is 48.5 Å². The first-order valence-corrected chi connectivity index (χ1v) is 15.4. The summed E-state index contributed by atoms with van der Waals surface area (Å²) in [5, 5.41) is 16.1. The third-order valence-corrected chi connectivity index (χ3v) is 8.16. The number of rotatable bonds is 10. The van der Waals surface area contributed by atoms with Gasteiger partial charge in [0.15, 0.2) is 0 Å². The molecule has 2 rings (SSSR count). The van der Waals surface area contributed by atoms with Gasteiger partial charge < -0.3 is 34.5 Å². The molecule has 0 aliphatic carbocycles. The molecule has 0 spiro atoms. The van der Waals surface area contributed by atoms with Crippen LogP contribution in [0.3, 0.4) is 0 Å². The number of ether oxygens (including phenoxy) is 2. The molecule has 3 atom stereocenters. The van der Waals surface area contributed by atoms with Gasteiger partial charge in [0, 0.05) is 19.0 Å². The van der Waals surface area contributed by atoms with Gasteiger partial charge in [-0.25, -0.2) is 14.4 Å². The highest BCUT2D eigenvalue weighted by atomic mass is 16.7. The predicted octanol–water partition coefficient (Wildman–Crippen LogP) is 4.89. The minimum Gasteiger partial charge on any atom is -0.479 e. The third kappa shape index (κ3) is 9.99. The predicted molar refractivity (Wildman–Crippen MR) is 163 cm³/mol. The number of hydrogen-bond acceptors (Lipinski definition) is 8. The third-order valence-electron chi connectivity index (χ3n) is 8.16. The van der Waals surface area contributed by atoms with Gasteiger partial charge in [-0.05, 0) is 94.8 Å². The smallest absolute Gasteiger partial charge is 0.457 e. The largest absolute Gasteiger partial charge is 0.479 e. The molecular formula is C30H54BN3O9. The molecule has 246 valence electrons. The van der Waals surface area contributed by atoms with Gasteiger partial charge >= 0.3 is 25.3 Å². The molecule has 3 N–H and O–H groups in total. The van der Waals surface area contributed by atoms with E-state index in [0.717, 1.165) is 0 Å². The van der Waals surface area contributed by atoms with Crippen molar-refractivity contribution in [1.29, 1.82) is 0 Å². The molecule has 12 nitrogen and oxygen atoms in total. The number of alkyl carbamates (subject to hydrolysis) is 1. The van der Waals surface area contributed by atoms with Gasteiger partial charge in [0.05, 0.1) is 11.2 Å². The zero-order valence-electron chi connectivity index (χ0n) is 28.0. The molecule has 2 heterocycles. The lowest BCUT2D eigenvalue weighted by molar-refractivity contribution is -0.155. The summed E-state index contributed by atoms with van der Waals surface area (Å²) < 4.78 is 23.1. The topological polar surface area (TPSA) is 153 Å². The average molecular weight is 612 g/mol. The number of nitrogens with zero attached hydrogens (tertiary/aromatic N) is 1. The van der Waals surface area contributed by atoms with Crippen LogP contribution in [0.1, 0.15) is 115 Å². The molecule has 2 aliphatic rings. The molecule has 0 radical (unpaired) electrons. The highest BCUT2D eigenvalue weighted by molar-refractivity contribution is 6.45. The van der Waals surface area contributed by atoms with Crippen molar-refractivity contribution in [3.8, 4) is 0 Å². The van der Waals surface area contributed by atoms with E-state index in [1.807, 2.05) is 27.7 Å². The average Bonchev–Trinajstić information content (AvgIpc) is 3.03. The molecule has 2 fully saturated rings. The number of piperidine rings is 1. The molecule has 0 saturated carbocycles. The summed E-state index contributed by atoms with van der Waals surface area (Å²) in [6, 6.07) is -1.40. The standard InChI is InChI=1S/C30H54BN3O9/c1-12-21(33-24(38)40-26(2,3)4)22(35)32-20-15-18-34(25(39)41-27(5,6)7)30(19-20,23(36)37)16-13-14-17-31-42-28(8,9)29(10,11)43-31/h20-21H,12-19H2,1-11H3,(H,32,35)(H,33,38)(H,36,37)/t20-,21-,30+/m0/s1. The number of hydrogen-bond donors (Lipinski definition) is 3. The summed E-state index contributed by atoms with van der Waals surface area (Å²) in [5.74, 6) is -1.60. The lowest BCUT2D eigenvalue weighted by Gasteiger charge is -2.47. The minimum absolute atomic E-state index is 0.00726. The molecule has 0 aromatic heterocycles. The van der Waals surface area contributed by atoms with Crippen LogP contribution >= 0.6 is 0 Å². The van der Waals surface area contributed by atoms with Crippen LogP contribution in [0.25, 0.3) is 0 Å². The van der Waals surface area contributed by atoms with Gasteiger partial charge in [0.1, 0.15) is 22.8 Å². The molecule has 0 aromatic rings. The highest BCUT2D eigenvalue weighted by Gasteiger charge is 2.53. The van der Waals surface area contributed by atoms with E-state index in [9.17, 15) is 24.3 Å². The molecule has 13 heteroatoms. The Bertz CT molecular complexity index is 1010. The molecule has 2 aliphatic heterocycles. The van der Waals surface area contributed by atoms with Crippen LogP contribution in [-0.4, -0.2) is 87.8 Å². The fourth-order valence-electron chi connectivity index (χ4n) is 5.29. The summed E-state index contributed by atoms with van der Waals surface area (Å²) >= 11 is 0. The van der Waals surface area contributed by atoms with Gasteiger partial charge in [0.2, 0.25) is 5.91 Å². The van der Waals surface area contributed by atoms with Crippen molar-refractivity contribution < 1.29 is 43.1 Å². The van der Waals surface area contributed by atoms with E-state index >= 15 is 0 Å². The van der Waals surface area contributed by atoms with Crippen molar-refractivity contribution in [2.45, 2.75) is 161 Å². The van der Waals surface area contributed by atoms with E-state index in [-0.39, 0.29) is 19.4 Å². The van der Waals surface area contributed by atoms with E-state index in [4.69, 9.17) is 18.8 Å². The molecule has 2 saturated heterocycles. The maximum absolute atomic E-state index is 13.3. The highest BCUT2D eigenvalue weighted by Crippen LogP contribution is 2.39. The molecular weight excluding hydrogens is 557 g/mol. The van der Waals surface area contributed by atoms with Crippen LogP contribution in [0.15, 0.2) is 0 Å². The van der Waals surface area contributed by atoms with Gasteiger partial charge in [0.25, 0.3) is 0 Å². The SMILES string of the molecule is CC[C@H](NC(=O)OC(C)(C)C)C(=O)N[C@H]1CCN(C(=O)OC(C)(C)C)[C@@](CCCCB2OC(C)(C)C(C)(C)O2)(C(=O)O)C1. The molecule has 0 aromatic carbocycles. The molecule has 3 amide bonds. The fraction of sp³-hybridized carbons (Fsp3) is 0.867. The minimum atomic E-state index is -1.60. The van der Waals surface area contributed by atoms with Gasteiger partial charge in [-0.15, -0.1) is 0 Å². The second kappa shape index (κ2) is 13.6. The molecule has 0 bridgehead atoms. The van der Waals surface area contributed by atoms with Gasteiger partial charge in [-0.1, -0.05) is 19.8 Å². The summed E-state index contributed by atoms with van der Waals surface area (Å²) in [5.41, 5.74) is -4.07. The van der Waals surface area contributed by atoms with E-state index in [0.29, 0.717) is 32.0 Å². The number of carbonyl (C=O) groups excluding carboxylic acids is 3. The first-order valence-electron chi connectivity index (χ1n) is 15.4. The van der Waals surface area contributed by atoms with Crippen molar-refractivity contribution in [3.05, 3.63) is 0 Å². The Hall–Kier alpha value is -2.54. The first kappa shape index (κ1) is 36.7. The Morgan fingerprint density at radius 1 is 0.977 bits per heavy atom. The Kier molecular flexibility index (Phi) is 11.6. The monoisotopic (exact) mass is 611 g/mol. The number of likely N-dealkylation sites (tertiary alicyclic amines) is 1. The number of unbranched alkanes of at least 4 members (excludes halogenated alkanes) is 1. The maximum Gasteiger partial charge on any atom is 0.457 e. The quantitative estimate of drug-likeness (QED) is 0.232. The second-order valence-corrected chi connectivity index (χ2v) is 14.7. The normalized spacial score (nSPS) is 24.2. The summed E-state index contributed by atoms with van der Waals surface area (Å²) in [6.45, 7) is 20.1. The maximum atomic E-state index is 13.3. The van der Waals surface area contributed by atoms with Crippen molar-refractivity contribution in [3.63, 3.8) is 0 Å². The number of amides is 3. The zero-order chi connectivity index (χ0) is 33.0. The van der Waals surface area contributed by atoms with Crippen molar-refractivity contribution in [1.82, 2.24) is 15.5 Å². The lowest BCUT2D eigenvalue weighted by atomic mass is 9.77. The van der Waals surface area contributed by atoms with Crippen LogP contribution < -0.4 is 10.6 Å². The van der Waals surface area contributed by atoms with Crippen LogP contribution in [-0.2, 0) is 28.4 Å². The Morgan fingerprint density at radius 2 is 1.53 bits per heavy atom. The van der Waals surface area contributed by atoms with Gasteiger partial charge in [-0.2, -0.15) is 0 Å². The first-order chi connectivity index (χ1) is 19.5. The molecule has 0 unspecified atom stereocenters. The van der Waals surface area contributed by atoms with E-state index in [1.165, 1.54) is 4.90 Å². The Morgan fingerprint density at radius 3 is 2.02 bits per heavy atom. The number of aliphatic carboxylic acids is 1. The lowest BCUT2D eigenvalue weighted by Crippen LogP contribution is -2.65. The van der Waals surface area contributed by atoms with Crippen LogP contribution in [0.4, 0.5) is 9.59 Å². The van der Waals surface area contributed by atoms with Crippen molar-refractivity contribution in [2.24, 2.45) is 0 Å². The number of carboxylic acids is 1. The van der Waals surface area contributed by atoms with Crippen LogP contribution in [0.2, 0.25) is 6.32 Å². The van der Waals surface area contributed by atoms with Crippen LogP contribution in [0.5, 0.6) is 0 Å². The van der Waals surface area contributed by atoms with Crippen molar-refractivity contribution in [2.75, 3.05) is 6.54 Å². The van der Waals surface area contributed by atoms with E-state index in [2.05, 4.69) is 10.6 Å². The second-order valence-electron chi connectivity index (χ2n) is 14.7. The summed E-state index contributed by atoms with van der Waals surface area (Å²) in [7, 11) is -0.408. The van der Waals surface area contributed by atoms with Crippen molar-refractivity contribution >= 4 is 31.2 Å². The summed E-state index contributed by atoms with van der Waals surface area (Å²) in [4.78, 5) is 53.1.